The highest BCUT2D eigenvalue weighted by molar-refractivity contribution is 6.17. The van der Waals surface area contributed by atoms with Gasteiger partial charge in [-0.15, -0.1) is 0 Å². The minimum atomic E-state index is 0.150. The molecule has 11 rings (SSSR count). The lowest BCUT2D eigenvalue weighted by molar-refractivity contribution is 0.663. The zero-order valence-electron chi connectivity index (χ0n) is 31.1. The molecule has 0 aliphatic heterocycles. The van der Waals surface area contributed by atoms with Crippen LogP contribution >= 0.6 is 0 Å². The molecule has 0 fully saturated rings. The van der Waals surface area contributed by atoms with E-state index in [4.69, 9.17) is 0 Å². The summed E-state index contributed by atoms with van der Waals surface area (Å²) in [7, 11) is 0. The fraction of sp³-hybridized carbons (Fsp3) is 0.0714. The summed E-state index contributed by atoms with van der Waals surface area (Å²) in [5, 5.41) is 7.86. The van der Waals surface area contributed by atoms with Crippen LogP contribution < -0.4 is 10.4 Å². The van der Waals surface area contributed by atoms with Gasteiger partial charge in [-0.1, -0.05) is 200 Å². The van der Waals surface area contributed by atoms with Gasteiger partial charge in [0.1, 0.15) is 0 Å². The molecule has 4 aliphatic carbocycles. The minimum absolute atomic E-state index is 0.150. The molecule has 0 bridgehead atoms. The van der Waals surface area contributed by atoms with Crippen LogP contribution in [0.5, 0.6) is 0 Å². The first-order valence-corrected chi connectivity index (χ1v) is 19.9. The predicted molar refractivity (Wildman–Crippen MR) is 237 cm³/mol. The van der Waals surface area contributed by atoms with Gasteiger partial charge in [0.05, 0.1) is 0 Å². The van der Waals surface area contributed by atoms with Crippen molar-refractivity contribution in [1.82, 2.24) is 0 Å². The predicted octanol–water partition coefficient (Wildman–Crippen LogP) is 12.4. The molecule has 0 heterocycles. The lowest BCUT2D eigenvalue weighted by atomic mass is 9.68. The van der Waals surface area contributed by atoms with Crippen molar-refractivity contribution in [3.8, 4) is 22.3 Å². The molecule has 264 valence electrons. The largest absolute Gasteiger partial charge is 0.0767 e. The number of fused-ring (bicyclic) bond motifs is 5. The third kappa shape index (κ3) is 5.36. The van der Waals surface area contributed by atoms with Crippen LogP contribution in [0, 0.1) is 23.7 Å². The molecule has 0 saturated carbocycles. The van der Waals surface area contributed by atoms with Crippen molar-refractivity contribution < 1.29 is 0 Å². The lowest BCUT2D eigenvalue weighted by Crippen LogP contribution is -2.40. The molecule has 0 heteroatoms. The Kier molecular flexibility index (Phi) is 7.88. The molecule has 56 heavy (non-hydrogen) atoms. The van der Waals surface area contributed by atoms with Crippen LogP contribution in [-0.4, -0.2) is 0 Å². The second kappa shape index (κ2) is 13.5. The van der Waals surface area contributed by atoms with Crippen molar-refractivity contribution in [2.24, 2.45) is 23.7 Å². The lowest BCUT2D eigenvalue weighted by Gasteiger charge is -2.35. The summed E-state index contributed by atoms with van der Waals surface area (Å²) in [5.74, 6) is 1.09. The van der Waals surface area contributed by atoms with Gasteiger partial charge in [-0.3, -0.25) is 0 Å². The van der Waals surface area contributed by atoms with Gasteiger partial charge in [0.15, 0.2) is 0 Å². The van der Waals surface area contributed by atoms with Gasteiger partial charge in [0, 0.05) is 23.7 Å². The summed E-state index contributed by atoms with van der Waals surface area (Å²) < 4.78 is 0. The van der Waals surface area contributed by atoms with E-state index in [-0.39, 0.29) is 11.8 Å². The molecule has 7 aromatic rings. The van der Waals surface area contributed by atoms with E-state index in [1.54, 1.807) is 0 Å². The van der Waals surface area contributed by atoms with Crippen molar-refractivity contribution in [3.05, 3.63) is 246 Å². The van der Waals surface area contributed by atoms with Crippen molar-refractivity contribution in [2.45, 2.75) is 0 Å². The molecular weight excluding hydrogens is 673 g/mol. The van der Waals surface area contributed by atoms with Crippen LogP contribution in [0.2, 0.25) is 0 Å². The summed E-state index contributed by atoms with van der Waals surface area (Å²) in [6.45, 7) is 0. The molecule has 0 aromatic heterocycles. The van der Waals surface area contributed by atoms with Gasteiger partial charge < -0.3 is 0 Å². The monoisotopic (exact) mass is 712 g/mol. The van der Waals surface area contributed by atoms with Crippen molar-refractivity contribution in [3.63, 3.8) is 0 Å². The zero-order chi connectivity index (χ0) is 37.0. The summed E-state index contributed by atoms with van der Waals surface area (Å²) in [5.41, 5.74) is 13.0. The number of benzene rings is 7. The summed E-state index contributed by atoms with van der Waals surface area (Å²) >= 11 is 0. The maximum Gasteiger partial charge on any atom is 0.0138 e. The van der Waals surface area contributed by atoms with Crippen molar-refractivity contribution >= 4 is 38.3 Å². The van der Waals surface area contributed by atoms with Crippen LogP contribution in [0.3, 0.4) is 0 Å². The van der Waals surface area contributed by atoms with E-state index < -0.39 is 0 Å². The van der Waals surface area contributed by atoms with Gasteiger partial charge >= 0.3 is 0 Å². The highest BCUT2D eigenvalue weighted by atomic mass is 14.4. The van der Waals surface area contributed by atoms with Gasteiger partial charge in [0.25, 0.3) is 0 Å². The fourth-order valence-corrected chi connectivity index (χ4v) is 9.87. The molecule has 0 nitrogen and oxygen atoms in total. The average Bonchev–Trinajstić information content (AvgIpc) is 3.28. The Labute approximate surface area is 328 Å². The Balaban J connectivity index is 1.23. The maximum absolute atomic E-state index is 2.49. The SMILES string of the molecule is C1=CC2C=CC(c3c4ccccc4c(C4=c5ccccc5=C(c5cc(-c6ccccc6)cc(-c6ccccc6)c5)C5C=CC=CC45)c4ccccc34)=CC2C=C1. The smallest absolute Gasteiger partial charge is 0.0138 e. The molecule has 4 aliphatic rings. The maximum atomic E-state index is 2.49. The van der Waals surface area contributed by atoms with E-state index in [2.05, 4.69) is 218 Å². The standard InChI is InChI=1S/C56H40/c1-3-17-37(18-4-1)42-34-43(38-19-5-2-6-20-38)36-44(35-42)54-47-25-11-15-29-51(47)56(52-30-16-12-26-48(52)54)55-49-27-13-9-23-45(49)53(46-24-10-14-28-50(46)55)41-32-31-39-21-7-8-22-40(39)33-41/h1-36,39-40,47,51H. The zero-order valence-corrected chi connectivity index (χ0v) is 31.1. The molecule has 4 unspecified atom stereocenters. The van der Waals surface area contributed by atoms with Crippen LogP contribution in [0.4, 0.5) is 0 Å². The second-order valence-electron chi connectivity index (χ2n) is 15.5. The Hall–Kier alpha value is -6.76. The Morgan fingerprint density at radius 1 is 0.321 bits per heavy atom. The number of rotatable bonds is 5. The molecule has 4 atom stereocenters. The first-order chi connectivity index (χ1) is 27.8. The summed E-state index contributed by atoms with van der Waals surface area (Å²) in [6, 6.07) is 56.4. The van der Waals surface area contributed by atoms with E-state index in [0.29, 0.717) is 11.8 Å². The fourth-order valence-electron chi connectivity index (χ4n) is 9.87. The van der Waals surface area contributed by atoms with Crippen LogP contribution in [0.15, 0.2) is 218 Å². The highest BCUT2D eigenvalue weighted by Crippen LogP contribution is 2.48. The molecule has 0 amide bonds. The van der Waals surface area contributed by atoms with Crippen LogP contribution in [0.25, 0.3) is 60.5 Å². The second-order valence-corrected chi connectivity index (χ2v) is 15.5. The highest BCUT2D eigenvalue weighted by Gasteiger charge is 2.34. The topological polar surface area (TPSA) is 0 Å². The van der Waals surface area contributed by atoms with E-state index >= 15 is 0 Å². The third-order valence-corrected chi connectivity index (χ3v) is 12.3. The summed E-state index contributed by atoms with van der Waals surface area (Å²) in [4.78, 5) is 0. The average molecular weight is 713 g/mol. The molecule has 0 spiro atoms. The Morgan fingerprint density at radius 3 is 1.36 bits per heavy atom. The Morgan fingerprint density at radius 2 is 0.768 bits per heavy atom. The van der Waals surface area contributed by atoms with E-state index in [9.17, 15) is 0 Å². The molecule has 7 aromatic carbocycles. The molecule has 0 N–H and O–H groups in total. The van der Waals surface area contributed by atoms with Gasteiger partial charge in [0.2, 0.25) is 0 Å². The van der Waals surface area contributed by atoms with Gasteiger partial charge in [-0.2, -0.15) is 0 Å². The third-order valence-electron chi connectivity index (χ3n) is 12.3. The summed E-state index contributed by atoms with van der Waals surface area (Å²) in [6.07, 6.45) is 25.7. The van der Waals surface area contributed by atoms with Crippen LogP contribution in [-0.2, 0) is 0 Å². The minimum Gasteiger partial charge on any atom is -0.0767 e. The van der Waals surface area contributed by atoms with Gasteiger partial charge in [-0.25, -0.2) is 0 Å². The quantitative estimate of drug-likeness (QED) is 0.156. The molecule has 0 radical (unpaired) electrons. The normalized spacial score (nSPS) is 20.5. The first-order valence-electron chi connectivity index (χ1n) is 19.9. The van der Waals surface area contributed by atoms with Crippen molar-refractivity contribution in [2.75, 3.05) is 0 Å². The van der Waals surface area contributed by atoms with Crippen LogP contribution in [0.1, 0.15) is 16.7 Å². The number of hydrogen-bond acceptors (Lipinski definition) is 0. The van der Waals surface area contributed by atoms with Gasteiger partial charge in [-0.05, 0) is 106 Å². The van der Waals surface area contributed by atoms with Crippen molar-refractivity contribution in [1.29, 1.82) is 0 Å². The first kappa shape index (κ1) is 32.7. The van der Waals surface area contributed by atoms with E-state index in [1.165, 1.54) is 87.6 Å². The Bertz CT molecular complexity index is 2900. The van der Waals surface area contributed by atoms with E-state index in [1.807, 2.05) is 0 Å². The molecular formula is C56H40. The van der Waals surface area contributed by atoms with E-state index in [0.717, 1.165) is 0 Å². The number of allylic oxidation sites excluding steroid dienone is 12. The number of hydrogen-bond donors (Lipinski definition) is 0. The molecule has 0 saturated heterocycles.